The van der Waals surface area contributed by atoms with Crippen molar-refractivity contribution in [2.24, 2.45) is 0 Å². The molecule has 12 heavy (non-hydrogen) atoms. The van der Waals surface area contributed by atoms with Crippen molar-refractivity contribution in [3.05, 3.63) is 26.3 Å². The largest absolute Gasteiger partial charge is 0.398 e. The van der Waals surface area contributed by atoms with Crippen LogP contribution < -0.4 is 5.73 Å². The molecule has 0 unspecified atom stereocenters. The van der Waals surface area contributed by atoms with Crippen molar-refractivity contribution >= 4 is 45.7 Å². The van der Waals surface area contributed by atoms with Gasteiger partial charge in [0.1, 0.15) is 0 Å². The van der Waals surface area contributed by atoms with Gasteiger partial charge in [0.25, 0.3) is 0 Å². The van der Waals surface area contributed by atoms with Crippen molar-refractivity contribution in [1.82, 2.24) is 0 Å². The van der Waals surface area contributed by atoms with E-state index in [0.717, 1.165) is 3.57 Å². The average Bonchev–Trinajstić information content (AvgIpc) is 1.97. The summed E-state index contributed by atoms with van der Waals surface area (Å²) in [5.41, 5.74) is 6.71. The molecule has 1 aromatic carbocycles. The molecule has 0 atom stereocenters. The first-order valence-electron chi connectivity index (χ1n) is 3.28. The third kappa shape index (κ3) is 1.72. The van der Waals surface area contributed by atoms with E-state index in [1.165, 1.54) is 6.92 Å². The first-order valence-corrected chi connectivity index (χ1v) is 4.74. The summed E-state index contributed by atoms with van der Waals surface area (Å²) in [4.78, 5) is 11.1. The number of nitrogen functional groups attached to an aromatic ring is 1. The smallest absolute Gasteiger partial charge is 0.162 e. The number of Topliss-reactive ketones (excluding diaryl/α,β-unsaturated/α-hetero) is 1. The molecular formula is C8H7ClINO. The van der Waals surface area contributed by atoms with Crippen LogP contribution in [0, 0.1) is 3.57 Å². The summed E-state index contributed by atoms with van der Waals surface area (Å²) in [6.45, 7) is 1.48. The summed E-state index contributed by atoms with van der Waals surface area (Å²) in [5.74, 6) is -0.0586. The molecular weight excluding hydrogens is 288 g/mol. The number of anilines is 1. The molecule has 0 saturated carbocycles. The predicted octanol–water partition coefficient (Wildman–Crippen LogP) is 2.73. The minimum Gasteiger partial charge on any atom is -0.398 e. The van der Waals surface area contributed by atoms with Gasteiger partial charge in [-0.2, -0.15) is 0 Å². The Kier molecular flexibility index (Phi) is 2.95. The highest BCUT2D eigenvalue weighted by molar-refractivity contribution is 14.1. The molecule has 1 aromatic rings. The highest BCUT2D eigenvalue weighted by atomic mass is 127. The molecule has 1 rings (SSSR count). The van der Waals surface area contributed by atoms with E-state index in [1.807, 2.05) is 22.6 Å². The third-order valence-electron chi connectivity index (χ3n) is 1.47. The number of nitrogens with two attached hydrogens (primary N) is 1. The third-order valence-corrected chi connectivity index (χ3v) is 2.95. The van der Waals surface area contributed by atoms with Crippen LogP contribution in [0.2, 0.25) is 5.02 Å². The van der Waals surface area contributed by atoms with Crippen molar-refractivity contribution in [2.45, 2.75) is 6.92 Å². The van der Waals surface area contributed by atoms with Crippen LogP contribution in [0.1, 0.15) is 17.3 Å². The van der Waals surface area contributed by atoms with E-state index in [0.29, 0.717) is 16.3 Å². The van der Waals surface area contributed by atoms with Gasteiger partial charge in [-0.05, 0) is 41.6 Å². The number of benzene rings is 1. The molecule has 0 spiro atoms. The Morgan fingerprint density at radius 1 is 1.58 bits per heavy atom. The molecule has 0 amide bonds. The van der Waals surface area contributed by atoms with Gasteiger partial charge in [-0.25, -0.2) is 0 Å². The number of carbonyl (C=O) groups is 1. The predicted molar refractivity (Wildman–Crippen MR) is 58.6 cm³/mol. The van der Waals surface area contributed by atoms with Gasteiger partial charge in [-0.3, -0.25) is 4.79 Å². The van der Waals surface area contributed by atoms with E-state index in [9.17, 15) is 4.79 Å². The number of halogens is 2. The molecule has 0 aromatic heterocycles. The number of ketones is 1. The van der Waals surface area contributed by atoms with Crippen molar-refractivity contribution in [2.75, 3.05) is 5.73 Å². The minimum atomic E-state index is -0.0586. The lowest BCUT2D eigenvalue weighted by atomic mass is 10.1. The van der Waals surface area contributed by atoms with Gasteiger partial charge in [-0.15, -0.1) is 0 Å². The molecule has 0 bridgehead atoms. The fourth-order valence-electron chi connectivity index (χ4n) is 0.891. The second kappa shape index (κ2) is 3.62. The Bertz CT molecular complexity index is 338. The highest BCUT2D eigenvalue weighted by Gasteiger charge is 2.11. The Morgan fingerprint density at radius 3 is 2.58 bits per heavy atom. The first kappa shape index (κ1) is 9.80. The van der Waals surface area contributed by atoms with E-state index in [1.54, 1.807) is 12.1 Å². The zero-order chi connectivity index (χ0) is 9.30. The molecule has 4 heteroatoms. The summed E-state index contributed by atoms with van der Waals surface area (Å²) in [6, 6.07) is 3.33. The Hall–Kier alpha value is -0.290. The normalized spacial score (nSPS) is 9.92. The fraction of sp³-hybridized carbons (Fsp3) is 0.125. The van der Waals surface area contributed by atoms with Crippen molar-refractivity contribution < 1.29 is 4.79 Å². The van der Waals surface area contributed by atoms with Gasteiger partial charge in [-0.1, -0.05) is 11.6 Å². The van der Waals surface area contributed by atoms with Crippen LogP contribution >= 0.6 is 34.2 Å². The Balaban J connectivity index is 3.43. The summed E-state index contributed by atoms with van der Waals surface area (Å²) in [5, 5.41) is 0.459. The van der Waals surface area contributed by atoms with Crippen LogP contribution in [-0.2, 0) is 0 Å². The minimum absolute atomic E-state index is 0.0586. The van der Waals surface area contributed by atoms with Gasteiger partial charge < -0.3 is 5.73 Å². The Morgan fingerprint density at radius 2 is 2.17 bits per heavy atom. The van der Waals surface area contributed by atoms with Crippen LogP contribution in [0.3, 0.4) is 0 Å². The molecule has 0 saturated heterocycles. The molecule has 2 N–H and O–H groups in total. The standard InChI is InChI=1S/C8H7ClINO/c1-4(12)7-5(9)2-3-6(11)8(7)10/h2-3H,11H2,1H3. The van der Waals surface area contributed by atoms with E-state index in [4.69, 9.17) is 17.3 Å². The van der Waals surface area contributed by atoms with Gasteiger partial charge in [0.2, 0.25) is 0 Å². The van der Waals surface area contributed by atoms with Crippen LogP contribution in [-0.4, -0.2) is 5.78 Å². The van der Waals surface area contributed by atoms with E-state index in [-0.39, 0.29) is 5.78 Å². The van der Waals surface area contributed by atoms with Crippen LogP contribution in [0.25, 0.3) is 0 Å². The molecule has 64 valence electrons. The van der Waals surface area contributed by atoms with E-state index in [2.05, 4.69) is 0 Å². The summed E-state index contributed by atoms with van der Waals surface area (Å²) >= 11 is 7.83. The molecule has 0 aliphatic rings. The van der Waals surface area contributed by atoms with Gasteiger partial charge in [0.15, 0.2) is 5.78 Å². The molecule has 0 heterocycles. The SMILES string of the molecule is CC(=O)c1c(Cl)ccc(N)c1I. The lowest BCUT2D eigenvalue weighted by molar-refractivity contribution is 0.101. The van der Waals surface area contributed by atoms with Gasteiger partial charge >= 0.3 is 0 Å². The molecule has 2 nitrogen and oxygen atoms in total. The van der Waals surface area contributed by atoms with Crippen LogP contribution in [0.4, 0.5) is 5.69 Å². The Labute approximate surface area is 89.2 Å². The lowest BCUT2D eigenvalue weighted by Gasteiger charge is -2.05. The second-order valence-electron chi connectivity index (χ2n) is 2.38. The zero-order valence-electron chi connectivity index (χ0n) is 6.40. The quantitative estimate of drug-likeness (QED) is 0.492. The molecule has 0 aliphatic heterocycles. The maximum absolute atomic E-state index is 11.1. The first-order chi connectivity index (χ1) is 5.54. The summed E-state index contributed by atoms with van der Waals surface area (Å²) in [6.07, 6.45) is 0. The van der Waals surface area contributed by atoms with E-state index >= 15 is 0 Å². The fourth-order valence-corrected chi connectivity index (χ4v) is 2.19. The molecule has 0 radical (unpaired) electrons. The summed E-state index contributed by atoms with van der Waals surface area (Å²) in [7, 11) is 0. The van der Waals surface area contributed by atoms with Gasteiger partial charge in [0, 0.05) is 9.26 Å². The number of hydrogen-bond donors (Lipinski definition) is 1. The summed E-state index contributed by atoms with van der Waals surface area (Å²) < 4.78 is 0.729. The highest BCUT2D eigenvalue weighted by Crippen LogP contribution is 2.26. The van der Waals surface area contributed by atoms with Crippen molar-refractivity contribution in [3.8, 4) is 0 Å². The van der Waals surface area contributed by atoms with Gasteiger partial charge in [0.05, 0.1) is 10.6 Å². The van der Waals surface area contributed by atoms with Crippen LogP contribution in [0.15, 0.2) is 12.1 Å². The molecule has 0 fully saturated rings. The molecule has 0 aliphatic carbocycles. The number of carbonyl (C=O) groups excluding carboxylic acids is 1. The lowest BCUT2D eigenvalue weighted by Crippen LogP contribution is -2.01. The second-order valence-corrected chi connectivity index (χ2v) is 3.87. The number of rotatable bonds is 1. The maximum atomic E-state index is 11.1. The van der Waals surface area contributed by atoms with Crippen molar-refractivity contribution in [1.29, 1.82) is 0 Å². The average molecular weight is 296 g/mol. The monoisotopic (exact) mass is 295 g/mol. The maximum Gasteiger partial charge on any atom is 0.162 e. The van der Waals surface area contributed by atoms with Crippen LogP contribution in [0.5, 0.6) is 0 Å². The van der Waals surface area contributed by atoms with Crippen molar-refractivity contribution in [3.63, 3.8) is 0 Å². The topological polar surface area (TPSA) is 43.1 Å². The number of hydrogen-bond acceptors (Lipinski definition) is 2. The zero-order valence-corrected chi connectivity index (χ0v) is 9.31. The van der Waals surface area contributed by atoms with E-state index < -0.39 is 0 Å².